The van der Waals surface area contributed by atoms with Crippen LogP contribution in [-0.2, 0) is 42.9 Å². The van der Waals surface area contributed by atoms with Crippen molar-refractivity contribution in [2.75, 3.05) is 0 Å². The third kappa shape index (κ3) is 3.29. The fourth-order valence-electron chi connectivity index (χ4n) is 8.25. The molecule has 9 nitrogen and oxygen atoms in total. The molecule has 0 amide bonds. The number of rotatable bonds is 3. The van der Waals surface area contributed by atoms with Crippen molar-refractivity contribution in [2.45, 2.75) is 104 Å². The smallest absolute Gasteiger partial charge is 0.315 e. The molecule has 35 heavy (non-hydrogen) atoms. The summed E-state index contributed by atoms with van der Waals surface area (Å²) >= 11 is 0. The number of esters is 4. The zero-order valence-electron chi connectivity index (χ0n) is 21.2. The number of hydrogen-bond donors (Lipinski definition) is 0. The molecule has 5 aliphatic rings. The van der Waals surface area contributed by atoms with Gasteiger partial charge in [0.05, 0.1) is 6.42 Å². The highest BCUT2D eigenvalue weighted by molar-refractivity contribution is 5.80. The van der Waals surface area contributed by atoms with E-state index in [4.69, 9.17) is 23.7 Å². The van der Waals surface area contributed by atoms with Gasteiger partial charge in [-0.2, -0.15) is 0 Å². The first-order valence-corrected chi connectivity index (χ1v) is 12.4. The highest BCUT2D eigenvalue weighted by Crippen LogP contribution is 2.71. The van der Waals surface area contributed by atoms with Crippen LogP contribution in [0.3, 0.4) is 0 Å². The van der Waals surface area contributed by atoms with Crippen LogP contribution in [0.1, 0.15) is 80.1 Å². The van der Waals surface area contributed by atoms with Crippen molar-refractivity contribution in [3.8, 4) is 0 Å². The lowest BCUT2D eigenvalue weighted by Gasteiger charge is -2.63. The second-order valence-electron chi connectivity index (χ2n) is 11.8. The lowest BCUT2D eigenvalue weighted by atomic mass is 9.44. The van der Waals surface area contributed by atoms with E-state index in [9.17, 15) is 19.2 Å². The molecule has 0 N–H and O–H groups in total. The van der Waals surface area contributed by atoms with E-state index in [0.717, 1.165) is 19.3 Å². The van der Waals surface area contributed by atoms with E-state index >= 15 is 0 Å². The molecule has 2 saturated carbocycles. The van der Waals surface area contributed by atoms with Gasteiger partial charge in [0.15, 0.2) is 17.5 Å². The van der Waals surface area contributed by atoms with Crippen molar-refractivity contribution in [3.05, 3.63) is 11.3 Å². The van der Waals surface area contributed by atoms with E-state index < -0.39 is 47.5 Å². The molecule has 0 radical (unpaired) electrons. The average molecular weight is 491 g/mol. The van der Waals surface area contributed by atoms with Crippen molar-refractivity contribution < 1.29 is 42.9 Å². The molecule has 3 heterocycles. The molecule has 0 unspecified atom stereocenters. The Balaban J connectivity index is 1.76. The van der Waals surface area contributed by atoms with Gasteiger partial charge in [-0.25, -0.2) is 0 Å². The second kappa shape index (κ2) is 7.54. The van der Waals surface area contributed by atoms with Crippen LogP contribution in [0.15, 0.2) is 11.3 Å². The van der Waals surface area contributed by atoms with Gasteiger partial charge in [-0.1, -0.05) is 27.2 Å². The average Bonchev–Trinajstić information content (AvgIpc) is 3.25. The van der Waals surface area contributed by atoms with Crippen LogP contribution < -0.4 is 0 Å². The molecule has 0 aromatic heterocycles. The van der Waals surface area contributed by atoms with Crippen LogP contribution in [0.25, 0.3) is 0 Å². The van der Waals surface area contributed by atoms with Crippen LogP contribution in [0.2, 0.25) is 0 Å². The minimum Gasteiger partial charge on any atom is -0.459 e. The minimum absolute atomic E-state index is 0.0299. The molecular weight excluding hydrogens is 456 g/mol. The van der Waals surface area contributed by atoms with Crippen molar-refractivity contribution in [2.24, 2.45) is 22.7 Å². The maximum Gasteiger partial charge on any atom is 0.315 e. The Labute approximate surface area is 204 Å². The van der Waals surface area contributed by atoms with Gasteiger partial charge in [-0.05, 0) is 36.0 Å². The lowest BCUT2D eigenvalue weighted by Crippen LogP contribution is -2.70. The Hall–Kier alpha value is -2.42. The highest BCUT2D eigenvalue weighted by atomic mass is 16.8. The fourth-order valence-corrected chi connectivity index (χ4v) is 8.25. The molecule has 1 saturated heterocycles. The van der Waals surface area contributed by atoms with Gasteiger partial charge >= 0.3 is 23.9 Å². The van der Waals surface area contributed by atoms with Gasteiger partial charge in [0, 0.05) is 38.7 Å². The molecule has 9 heteroatoms. The molecule has 1 spiro atoms. The molecular formula is C26H34O9. The summed E-state index contributed by atoms with van der Waals surface area (Å²) in [5, 5.41) is 0. The van der Waals surface area contributed by atoms with E-state index in [2.05, 4.69) is 20.8 Å². The van der Waals surface area contributed by atoms with Crippen molar-refractivity contribution >= 4 is 23.9 Å². The number of hydrogen-bond acceptors (Lipinski definition) is 9. The summed E-state index contributed by atoms with van der Waals surface area (Å²) in [6, 6.07) is 0. The summed E-state index contributed by atoms with van der Waals surface area (Å²) in [5.74, 6) is -3.83. The third-order valence-corrected chi connectivity index (χ3v) is 9.20. The largest absolute Gasteiger partial charge is 0.459 e. The molecule has 5 rings (SSSR count). The van der Waals surface area contributed by atoms with Crippen LogP contribution in [0.5, 0.6) is 0 Å². The van der Waals surface area contributed by atoms with E-state index in [0.29, 0.717) is 12.0 Å². The fraction of sp³-hybridized carbons (Fsp3) is 0.769. The topological polar surface area (TPSA) is 114 Å². The standard InChI is InChI=1S/C26H34O9/c1-13(27)31-19-11-17-23(4,5)8-7-9-24(17,6)18-12-25(34-15(3)29)21-16(10-20(30)33-21)22(32-14(2)28)26(18,19)35-25/h17-19,22H,7-12H2,1-6H3/t17-,18+,19-,22+,24-,25+,26+/m1/s1. The summed E-state index contributed by atoms with van der Waals surface area (Å²) in [4.78, 5) is 49.5. The first-order chi connectivity index (χ1) is 16.2. The van der Waals surface area contributed by atoms with Gasteiger partial charge in [0.25, 0.3) is 5.79 Å². The first kappa shape index (κ1) is 24.3. The van der Waals surface area contributed by atoms with Crippen molar-refractivity contribution in [3.63, 3.8) is 0 Å². The summed E-state index contributed by atoms with van der Waals surface area (Å²) < 4.78 is 30.0. The minimum atomic E-state index is -1.65. The molecule has 192 valence electrons. The van der Waals surface area contributed by atoms with E-state index in [-0.39, 0.29) is 41.3 Å². The summed E-state index contributed by atoms with van der Waals surface area (Å²) in [6.45, 7) is 10.6. The number of carbonyl (C=O) groups is 4. The predicted molar refractivity (Wildman–Crippen MR) is 119 cm³/mol. The van der Waals surface area contributed by atoms with Gasteiger partial charge in [0.1, 0.15) is 6.10 Å². The van der Waals surface area contributed by atoms with Gasteiger partial charge in [0.2, 0.25) is 0 Å². The Kier molecular flexibility index (Phi) is 5.23. The van der Waals surface area contributed by atoms with Gasteiger partial charge < -0.3 is 23.7 Å². The molecule has 3 fully saturated rings. The number of fused-ring (bicyclic) bond motifs is 4. The Morgan fingerprint density at radius 2 is 1.63 bits per heavy atom. The summed E-state index contributed by atoms with van der Waals surface area (Å²) in [5.41, 5.74) is -1.21. The molecule has 3 aliphatic heterocycles. The lowest BCUT2D eigenvalue weighted by molar-refractivity contribution is -0.306. The van der Waals surface area contributed by atoms with E-state index in [1.807, 2.05) is 0 Å². The van der Waals surface area contributed by atoms with Crippen LogP contribution in [0, 0.1) is 22.7 Å². The summed E-state index contributed by atoms with van der Waals surface area (Å²) in [6.07, 6.45) is 1.77. The SMILES string of the molecule is CC(=O)O[C@@H]1C[C@@H]2C(C)(C)CCC[C@@]2(C)[C@@H]2C[C@]3(OC(C)=O)O[C@]12[C@@H](OC(C)=O)C1=C3OC(=O)C1. The highest BCUT2D eigenvalue weighted by Gasteiger charge is 2.80. The molecule has 7 atom stereocenters. The van der Waals surface area contributed by atoms with Crippen molar-refractivity contribution in [1.82, 2.24) is 0 Å². The Morgan fingerprint density at radius 1 is 0.943 bits per heavy atom. The number of carbonyl (C=O) groups excluding carboxylic acids is 4. The maximum atomic E-state index is 12.5. The second-order valence-corrected chi connectivity index (χ2v) is 11.8. The van der Waals surface area contributed by atoms with Crippen molar-refractivity contribution in [1.29, 1.82) is 0 Å². The zero-order chi connectivity index (χ0) is 25.6. The molecule has 0 aromatic rings. The zero-order valence-corrected chi connectivity index (χ0v) is 21.2. The normalized spacial score (nSPS) is 42.9. The molecule has 2 aliphatic carbocycles. The van der Waals surface area contributed by atoms with Crippen LogP contribution in [-0.4, -0.2) is 47.5 Å². The monoisotopic (exact) mass is 490 g/mol. The Bertz CT molecular complexity index is 1040. The van der Waals surface area contributed by atoms with Crippen LogP contribution in [0.4, 0.5) is 0 Å². The van der Waals surface area contributed by atoms with Gasteiger partial charge in [-0.15, -0.1) is 0 Å². The van der Waals surface area contributed by atoms with Gasteiger partial charge in [-0.3, -0.25) is 19.2 Å². The molecule has 0 aromatic carbocycles. The predicted octanol–water partition coefficient (Wildman–Crippen LogP) is 3.34. The maximum absolute atomic E-state index is 12.5. The first-order valence-electron chi connectivity index (χ1n) is 12.4. The van der Waals surface area contributed by atoms with E-state index in [1.165, 1.54) is 20.8 Å². The third-order valence-electron chi connectivity index (χ3n) is 9.20. The number of ether oxygens (including phenoxy) is 5. The molecule has 2 bridgehead atoms. The summed E-state index contributed by atoms with van der Waals surface area (Å²) in [7, 11) is 0. The van der Waals surface area contributed by atoms with Crippen LogP contribution >= 0.6 is 0 Å². The quantitative estimate of drug-likeness (QED) is 0.434. The van der Waals surface area contributed by atoms with E-state index in [1.54, 1.807) is 0 Å². The Morgan fingerprint density at radius 3 is 2.26 bits per heavy atom.